The summed E-state index contributed by atoms with van der Waals surface area (Å²) in [5.41, 5.74) is 4.37. The average Bonchev–Trinajstić information content (AvgIpc) is 3.38. The van der Waals surface area contributed by atoms with Crippen LogP contribution in [0.2, 0.25) is 0 Å². The molecule has 1 unspecified atom stereocenters. The minimum Gasteiger partial charge on any atom is -0.493 e. The molecule has 33 heavy (non-hydrogen) atoms. The van der Waals surface area contributed by atoms with Gasteiger partial charge in [0.1, 0.15) is 0 Å². The number of fused-ring (bicyclic) bond motifs is 3. The molecule has 2 aliphatic heterocycles. The van der Waals surface area contributed by atoms with Crippen molar-refractivity contribution in [3.8, 4) is 11.5 Å². The first-order chi connectivity index (χ1) is 16.1. The lowest BCUT2D eigenvalue weighted by Gasteiger charge is -2.43. The third kappa shape index (κ3) is 4.14. The molecular weight excluding hydrogens is 434 g/mol. The van der Waals surface area contributed by atoms with Crippen molar-refractivity contribution in [1.29, 1.82) is 0 Å². The van der Waals surface area contributed by atoms with Crippen molar-refractivity contribution < 1.29 is 14.3 Å². The van der Waals surface area contributed by atoms with Crippen LogP contribution >= 0.6 is 11.3 Å². The molecule has 0 bridgehead atoms. The van der Waals surface area contributed by atoms with Gasteiger partial charge in [0, 0.05) is 36.8 Å². The van der Waals surface area contributed by atoms with E-state index in [2.05, 4.69) is 35.5 Å². The molecule has 2 aliphatic rings. The number of aliphatic imine (C=N–C) groups is 1. The third-order valence-corrected chi connectivity index (χ3v) is 7.43. The molecule has 1 fully saturated rings. The number of carbonyl (C=O) groups excluding carboxylic acids is 1. The summed E-state index contributed by atoms with van der Waals surface area (Å²) in [5.74, 6) is 1.93. The number of hydrogen-bond donors (Lipinski definition) is 1. The van der Waals surface area contributed by atoms with E-state index in [0.717, 1.165) is 35.8 Å². The highest BCUT2D eigenvalue weighted by molar-refractivity contribution is 7.12. The fraction of sp³-hybridized carbons (Fsp3) is 0.308. The number of carbonyl (C=O) groups is 1. The van der Waals surface area contributed by atoms with Crippen molar-refractivity contribution >= 4 is 29.1 Å². The molecule has 0 saturated carbocycles. The number of anilines is 1. The molecule has 2 aromatic carbocycles. The Labute approximate surface area is 197 Å². The van der Waals surface area contributed by atoms with Crippen LogP contribution in [0.15, 0.2) is 58.9 Å². The summed E-state index contributed by atoms with van der Waals surface area (Å²) < 4.78 is 11.1. The number of hydrogen-bond acceptors (Lipinski definition) is 6. The highest BCUT2D eigenvalue weighted by atomic mass is 32.1. The first kappa shape index (κ1) is 21.7. The van der Waals surface area contributed by atoms with Gasteiger partial charge in [-0.15, -0.1) is 11.3 Å². The lowest BCUT2D eigenvalue weighted by molar-refractivity contribution is 0.103. The Morgan fingerprint density at radius 2 is 1.79 bits per heavy atom. The van der Waals surface area contributed by atoms with Crippen LogP contribution < -0.4 is 14.8 Å². The summed E-state index contributed by atoms with van der Waals surface area (Å²) in [7, 11) is 5.49. The molecule has 1 amide bonds. The SMILES string of the molecule is COc1cc2c(cc1OC)[C@H]1CN(C)CC(c3ccc(NC(=O)c4cccs4)cc3)[C@H]1N=C2. The van der Waals surface area contributed by atoms with Crippen LogP contribution in [0.1, 0.15) is 38.2 Å². The first-order valence-corrected chi connectivity index (χ1v) is 11.9. The van der Waals surface area contributed by atoms with Crippen molar-refractivity contribution in [2.45, 2.75) is 17.9 Å². The van der Waals surface area contributed by atoms with Gasteiger partial charge in [0.25, 0.3) is 5.91 Å². The van der Waals surface area contributed by atoms with Crippen molar-refractivity contribution in [1.82, 2.24) is 4.90 Å². The number of likely N-dealkylation sites (tertiary alicyclic amines) is 1. The number of ether oxygens (including phenoxy) is 2. The van der Waals surface area contributed by atoms with Gasteiger partial charge in [0.15, 0.2) is 11.5 Å². The van der Waals surface area contributed by atoms with E-state index >= 15 is 0 Å². The van der Waals surface area contributed by atoms with Crippen LogP contribution in [0.25, 0.3) is 0 Å². The number of amides is 1. The zero-order valence-corrected chi connectivity index (χ0v) is 19.8. The lowest BCUT2D eigenvalue weighted by atomic mass is 9.74. The van der Waals surface area contributed by atoms with Crippen LogP contribution in [0, 0.1) is 0 Å². The molecule has 170 valence electrons. The first-order valence-electron chi connectivity index (χ1n) is 11.0. The van der Waals surface area contributed by atoms with Gasteiger partial charge < -0.3 is 19.7 Å². The molecule has 1 aromatic heterocycles. The number of piperidine rings is 1. The summed E-state index contributed by atoms with van der Waals surface area (Å²) in [6, 6.07) is 16.2. The average molecular weight is 462 g/mol. The van der Waals surface area contributed by atoms with Crippen LogP contribution in [0.4, 0.5) is 5.69 Å². The summed E-state index contributed by atoms with van der Waals surface area (Å²) >= 11 is 1.44. The highest BCUT2D eigenvalue weighted by Gasteiger charge is 2.40. The topological polar surface area (TPSA) is 63.2 Å². The highest BCUT2D eigenvalue weighted by Crippen LogP contribution is 2.44. The Morgan fingerprint density at radius 1 is 1.06 bits per heavy atom. The summed E-state index contributed by atoms with van der Waals surface area (Å²) in [5, 5.41) is 4.89. The van der Waals surface area contributed by atoms with Gasteiger partial charge in [-0.25, -0.2) is 0 Å². The Bertz CT molecular complexity index is 1170. The minimum atomic E-state index is -0.0759. The third-order valence-electron chi connectivity index (χ3n) is 6.56. The molecular formula is C26H27N3O3S. The van der Waals surface area contributed by atoms with Crippen LogP contribution in [-0.4, -0.2) is 57.4 Å². The Balaban J connectivity index is 1.40. The van der Waals surface area contributed by atoms with Crippen LogP contribution in [-0.2, 0) is 0 Å². The smallest absolute Gasteiger partial charge is 0.265 e. The fourth-order valence-electron chi connectivity index (χ4n) is 4.96. The second-order valence-corrected chi connectivity index (χ2v) is 9.54. The number of nitrogens with one attached hydrogen (secondary N) is 1. The molecule has 0 aliphatic carbocycles. The van der Waals surface area contributed by atoms with E-state index in [9.17, 15) is 4.79 Å². The van der Waals surface area contributed by atoms with Gasteiger partial charge in [-0.1, -0.05) is 18.2 Å². The zero-order valence-electron chi connectivity index (χ0n) is 18.9. The molecule has 0 radical (unpaired) electrons. The van der Waals surface area contributed by atoms with E-state index < -0.39 is 0 Å². The van der Waals surface area contributed by atoms with Gasteiger partial charge in [0.2, 0.25) is 0 Å². The number of methoxy groups -OCH3 is 2. The van der Waals surface area contributed by atoms with E-state index in [1.807, 2.05) is 41.9 Å². The number of thiophene rings is 1. The molecule has 1 saturated heterocycles. The summed E-state index contributed by atoms with van der Waals surface area (Å²) in [4.78, 5) is 20.4. The Kier molecular flexibility index (Phi) is 5.91. The normalized spacial score (nSPS) is 21.7. The van der Waals surface area contributed by atoms with Crippen molar-refractivity contribution in [2.75, 3.05) is 39.7 Å². The van der Waals surface area contributed by atoms with Gasteiger partial charge in [-0.05, 0) is 59.4 Å². The Morgan fingerprint density at radius 3 is 2.48 bits per heavy atom. The van der Waals surface area contributed by atoms with Crippen molar-refractivity contribution in [3.05, 3.63) is 75.5 Å². The summed E-state index contributed by atoms with van der Waals surface area (Å²) in [6.45, 7) is 1.87. The van der Waals surface area contributed by atoms with Gasteiger partial charge in [-0.2, -0.15) is 0 Å². The predicted molar refractivity (Wildman–Crippen MR) is 133 cm³/mol. The molecule has 3 heterocycles. The van der Waals surface area contributed by atoms with E-state index in [0.29, 0.717) is 4.88 Å². The molecule has 7 heteroatoms. The van der Waals surface area contributed by atoms with E-state index in [1.165, 1.54) is 22.5 Å². The van der Waals surface area contributed by atoms with E-state index in [-0.39, 0.29) is 23.8 Å². The number of nitrogens with zero attached hydrogens (tertiary/aromatic N) is 2. The lowest BCUT2D eigenvalue weighted by Crippen LogP contribution is -2.45. The molecule has 6 nitrogen and oxygen atoms in total. The van der Waals surface area contributed by atoms with Gasteiger partial charge in [0.05, 0.1) is 25.1 Å². The second-order valence-electron chi connectivity index (χ2n) is 8.59. The fourth-order valence-corrected chi connectivity index (χ4v) is 5.58. The zero-order chi connectivity index (χ0) is 22.9. The van der Waals surface area contributed by atoms with Crippen molar-refractivity contribution in [2.24, 2.45) is 4.99 Å². The van der Waals surface area contributed by atoms with E-state index in [4.69, 9.17) is 14.5 Å². The molecule has 3 atom stereocenters. The maximum atomic E-state index is 12.4. The summed E-state index contributed by atoms with van der Waals surface area (Å²) in [6.07, 6.45) is 1.98. The molecule has 1 N–H and O–H groups in total. The standard InChI is InChI=1S/C26H27N3O3S/c1-29-14-20(16-6-8-18(9-7-16)28-26(30)24-5-4-10-33-24)25-21(15-29)19-12-23(32-3)22(31-2)11-17(19)13-27-25/h4-13,20-21,25H,14-15H2,1-3H3,(H,28,30)/t20?,21-,25-/m1/s1. The monoisotopic (exact) mass is 461 g/mol. The van der Waals surface area contributed by atoms with E-state index in [1.54, 1.807) is 14.2 Å². The predicted octanol–water partition coefficient (Wildman–Crippen LogP) is 4.63. The van der Waals surface area contributed by atoms with Gasteiger partial charge >= 0.3 is 0 Å². The van der Waals surface area contributed by atoms with Crippen molar-refractivity contribution in [3.63, 3.8) is 0 Å². The second kappa shape index (κ2) is 9.00. The number of benzene rings is 2. The minimum absolute atomic E-state index is 0.0759. The maximum Gasteiger partial charge on any atom is 0.265 e. The Hall–Kier alpha value is -3.16. The maximum absolute atomic E-state index is 12.4. The number of likely N-dealkylation sites (N-methyl/N-ethyl adjacent to an activating group) is 1. The quantitative estimate of drug-likeness (QED) is 0.602. The molecule has 3 aromatic rings. The molecule has 0 spiro atoms. The number of rotatable bonds is 5. The van der Waals surface area contributed by atoms with Crippen LogP contribution in [0.5, 0.6) is 11.5 Å². The largest absolute Gasteiger partial charge is 0.493 e. The van der Waals surface area contributed by atoms with Gasteiger partial charge in [-0.3, -0.25) is 9.79 Å². The van der Waals surface area contributed by atoms with Crippen LogP contribution in [0.3, 0.4) is 0 Å². The molecule has 5 rings (SSSR count).